The van der Waals surface area contributed by atoms with Crippen molar-refractivity contribution in [2.45, 2.75) is 80.4 Å². The summed E-state index contributed by atoms with van der Waals surface area (Å²) in [6.07, 6.45) is 9.20. The molecule has 1 spiro atoms. The Bertz CT molecular complexity index is 1100. The highest BCUT2D eigenvalue weighted by molar-refractivity contribution is 8.02. The van der Waals surface area contributed by atoms with E-state index in [9.17, 15) is 19.5 Å². The number of aliphatic hydroxyl groups is 1. The monoisotopic (exact) mass is 568 g/mol. The Balaban J connectivity index is 1.74. The van der Waals surface area contributed by atoms with Crippen LogP contribution in [0.5, 0.6) is 0 Å². The van der Waals surface area contributed by atoms with Crippen LogP contribution in [-0.2, 0) is 19.1 Å². The van der Waals surface area contributed by atoms with Crippen molar-refractivity contribution in [3.05, 3.63) is 61.2 Å². The van der Waals surface area contributed by atoms with E-state index in [1.165, 1.54) is 0 Å². The molecule has 40 heavy (non-hydrogen) atoms. The number of carbonyl (C=O) groups is 3. The smallest absolute Gasteiger partial charge is 0.311 e. The summed E-state index contributed by atoms with van der Waals surface area (Å²) < 4.78 is 4.52. The lowest BCUT2D eigenvalue weighted by atomic mass is 9.66. The number of benzene rings is 1. The lowest BCUT2D eigenvalue weighted by Gasteiger charge is -2.39. The third kappa shape index (κ3) is 5.37. The summed E-state index contributed by atoms with van der Waals surface area (Å²) in [5, 5.41) is 10.6. The quantitative estimate of drug-likeness (QED) is 0.184. The van der Waals surface area contributed by atoms with Crippen LogP contribution >= 0.6 is 11.8 Å². The molecule has 3 fully saturated rings. The number of aliphatic hydroxyl groups excluding tert-OH is 1. The standard InChI is InChI=1S/C32H44N2O5S/c1-5-8-10-14-21-39-30(38)26-25-28(36)34(24(22-35)23-15-12-11-13-16-23)27(32(25)18-17-31(26,4)40-32)29(37)33(19-7-3)20-9-6-2/h5,7,11-13,15-16,24-27,35H,1,3,6,8-10,14,17-22H2,2,4H3/t24-,25+,26+,27?,31-,32?/m1/s1. The zero-order chi connectivity index (χ0) is 28.9. The van der Waals surface area contributed by atoms with Gasteiger partial charge in [0.05, 0.1) is 35.8 Å². The summed E-state index contributed by atoms with van der Waals surface area (Å²) in [5.74, 6) is -2.04. The number of thioether (sulfide) groups is 1. The summed E-state index contributed by atoms with van der Waals surface area (Å²) in [4.78, 5) is 46.1. The van der Waals surface area contributed by atoms with Gasteiger partial charge < -0.3 is 19.6 Å². The van der Waals surface area contributed by atoms with E-state index >= 15 is 0 Å². The van der Waals surface area contributed by atoms with Crippen LogP contribution in [0.15, 0.2) is 55.6 Å². The molecule has 2 amide bonds. The van der Waals surface area contributed by atoms with Crippen molar-refractivity contribution < 1.29 is 24.2 Å². The highest BCUT2D eigenvalue weighted by Crippen LogP contribution is 2.72. The molecule has 3 aliphatic heterocycles. The first-order valence-corrected chi connectivity index (χ1v) is 15.5. The number of carbonyl (C=O) groups excluding carboxylic acids is 3. The number of esters is 1. The van der Waals surface area contributed by atoms with Crippen LogP contribution in [-0.4, -0.2) is 74.5 Å². The molecule has 2 bridgehead atoms. The second-order valence-electron chi connectivity index (χ2n) is 11.5. The van der Waals surface area contributed by atoms with Crippen molar-refractivity contribution in [1.82, 2.24) is 9.80 Å². The molecule has 2 unspecified atom stereocenters. The second-order valence-corrected chi connectivity index (χ2v) is 13.4. The first-order chi connectivity index (χ1) is 19.3. The van der Waals surface area contributed by atoms with Crippen molar-refractivity contribution in [2.24, 2.45) is 11.8 Å². The molecule has 1 aromatic carbocycles. The van der Waals surface area contributed by atoms with Gasteiger partial charge in [-0.25, -0.2) is 0 Å². The Labute approximate surface area is 243 Å². The van der Waals surface area contributed by atoms with Gasteiger partial charge in [0.2, 0.25) is 11.8 Å². The van der Waals surface area contributed by atoms with E-state index in [-0.39, 0.29) is 24.4 Å². The van der Waals surface area contributed by atoms with Crippen LogP contribution in [0.4, 0.5) is 0 Å². The Morgan fingerprint density at radius 2 is 1.95 bits per heavy atom. The fourth-order valence-electron chi connectivity index (χ4n) is 6.99. The minimum atomic E-state index is -0.795. The Morgan fingerprint density at radius 1 is 1.20 bits per heavy atom. The molecule has 0 aliphatic carbocycles. The van der Waals surface area contributed by atoms with Crippen molar-refractivity contribution >= 4 is 29.5 Å². The van der Waals surface area contributed by atoms with Gasteiger partial charge in [0.15, 0.2) is 0 Å². The fraction of sp³-hybridized carbons (Fsp3) is 0.594. The zero-order valence-electron chi connectivity index (χ0n) is 23.9. The van der Waals surface area contributed by atoms with Crippen molar-refractivity contribution in [1.29, 1.82) is 0 Å². The summed E-state index contributed by atoms with van der Waals surface area (Å²) in [6, 6.07) is 7.89. The molecule has 0 radical (unpaired) electrons. The molecule has 7 nitrogen and oxygen atoms in total. The number of hydrogen-bond donors (Lipinski definition) is 1. The Kier molecular flexibility index (Phi) is 9.83. The van der Waals surface area contributed by atoms with E-state index < -0.39 is 33.4 Å². The van der Waals surface area contributed by atoms with Gasteiger partial charge in [-0.2, -0.15) is 0 Å². The number of unbranched alkanes of at least 4 members (excludes halogenated alkanes) is 3. The number of ether oxygens (including phenoxy) is 1. The van der Waals surface area contributed by atoms with Crippen LogP contribution in [0.3, 0.4) is 0 Å². The first-order valence-electron chi connectivity index (χ1n) is 14.6. The molecule has 3 aliphatic rings. The van der Waals surface area contributed by atoms with Crippen LogP contribution in [0, 0.1) is 11.8 Å². The summed E-state index contributed by atoms with van der Waals surface area (Å²) in [5.41, 5.74) is 0.767. The predicted octanol–water partition coefficient (Wildman–Crippen LogP) is 4.92. The molecule has 0 aromatic heterocycles. The van der Waals surface area contributed by atoms with Crippen LogP contribution < -0.4 is 0 Å². The van der Waals surface area contributed by atoms with Crippen molar-refractivity contribution in [2.75, 3.05) is 26.3 Å². The molecule has 218 valence electrons. The average molecular weight is 569 g/mol. The first kappa shape index (κ1) is 30.4. The maximum Gasteiger partial charge on any atom is 0.311 e. The number of amides is 2. The molecule has 8 heteroatoms. The molecule has 3 saturated heterocycles. The minimum Gasteiger partial charge on any atom is -0.465 e. The van der Waals surface area contributed by atoms with E-state index in [2.05, 4.69) is 20.1 Å². The number of likely N-dealkylation sites (tertiary alicyclic amines) is 1. The van der Waals surface area contributed by atoms with Gasteiger partial charge in [-0.3, -0.25) is 14.4 Å². The van der Waals surface area contributed by atoms with Crippen LogP contribution in [0.25, 0.3) is 0 Å². The van der Waals surface area contributed by atoms with Gasteiger partial charge >= 0.3 is 5.97 Å². The molecule has 6 atom stereocenters. The number of allylic oxidation sites excluding steroid dienone is 1. The summed E-state index contributed by atoms with van der Waals surface area (Å²) in [7, 11) is 0. The largest absolute Gasteiger partial charge is 0.465 e. The van der Waals surface area contributed by atoms with E-state index in [1.807, 2.05) is 43.3 Å². The molecular formula is C32H44N2O5S. The van der Waals surface area contributed by atoms with Gasteiger partial charge in [-0.15, -0.1) is 24.9 Å². The lowest BCUT2D eigenvalue weighted by Crippen LogP contribution is -2.55. The number of fused-ring (bicyclic) bond motifs is 1. The molecule has 4 rings (SSSR count). The van der Waals surface area contributed by atoms with Crippen molar-refractivity contribution in [3.8, 4) is 0 Å². The lowest BCUT2D eigenvalue weighted by molar-refractivity contribution is -0.156. The van der Waals surface area contributed by atoms with Gasteiger partial charge in [-0.05, 0) is 51.0 Å². The molecule has 1 N–H and O–H groups in total. The Morgan fingerprint density at radius 3 is 2.60 bits per heavy atom. The van der Waals surface area contributed by atoms with Gasteiger partial charge in [0.1, 0.15) is 6.04 Å². The SMILES string of the molecule is C=CCCCCOC(=O)[C@@H]1[C@H]2C(=O)N([C@H](CO)c3ccccc3)C(C(=O)N(CC=C)CCCC)C23CC[C@@]1(C)S3. The number of hydrogen-bond acceptors (Lipinski definition) is 6. The number of rotatable bonds is 15. The van der Waals surface area contributed by atoms with Crippen LogP contribution in [0.1, 0.15) is 70.4 Å². The Hall–Kier alpha value is -2.58. The third-order valence-corrected chi connectivity index (χ3v) is 10.9. The highest BCUT2D eigenvalue weighted by Gasteiger charge is 2.78. The zero-order valence-corrected chi connectivity index (χ0v) is 24.7. The molecule has 0 saturated carbocycles. The van der Waals surface area contributed by atoms with E-state index in [0.29, 0.717) is 26.1 Å². The van der Waals surface area contributed by atoms with Crippen molar-refractivity contribution in [3.63, 3.8) is 0 Å². The van der Waals surface area contributed by atoms with Gasteiger partial charge in [-0.1, -0.05) is 55.8 Å². The molecule has 1 aromatic rings. The summed E-state index contributed by atoms with van der Waals surface area (Å²) in [6.45, 7) is 12.7. The maximum atomic E-state index is 14.5. The molecule has 3 heterocycles. The van der Waals surface area contributed by atoms with E-state index in [1.54, 1.807) is 27.6 Å². The summed E-state index contributed by atoms with van der Waals surface area (Å²) >= 11 is 1.63. The maximum absolute atomic E-state index is 14.5. The highest BCUT2D eigenvalue weighted by atomic mass is 32.2. The van der Waals surface area contributed by atoms with Gasteiger partial charge in [0, 0.05) is 17.8 Å². The predicted molar refractivity (Wildman–Crippen MR) is 159 cm³/mol. The average Bonchev–Trinajstić information content (AvgIpc) is 3.52. The topological polar surface area (TPSA) is 87.1 Å². The van der Waals surface area contributed by atoms with Gasteiger partial charge in [0.25, 0.3) is 0 Å². The third-order valence-electron chi connectivity index (χ3n) is 8.89. The fourth-order valence-corrected chi connectivity index (χ4v) is 9.31. The normalized spacial score (nSPS) is 29.2. The van der Waals surface area contributed by atoms with Crippen LogP contribution in [0.2, 0.25) is 0 Å². The van der Waals surface area contributed by atoms with E-state index in [4.69, 9.17) is 4.74 Å². The van der Waals surface area contributed by atoms with E-state index in [0.717, 1.165) is 44.1 Å². The second kappa shape index (κ2) is 12.9. The number of nitrogens with zero attached hydrogens (tertiary/aromatic N) is 2. The molecular weight excluding hydrogens is 524 g/mol. The minimum absolute atomic E-state index is 0.131.